The first-order chi connectivity index (χ1) is 15.1. The summed E-state index contributed by atoms with van der Waals surface area (Å²) in [5.41, 5.74) is 3.48. The molecule has 0 bridgehead atoms. The van der Waals surface area contributed by atoms with Crippen molar-refractivity contribution in [2.75, 3.05) is 31.6 Å². The highest BCUT2D eigenvalue weighted by Crippen LogP contribution is 2.24. The maximum Gasteiger partial charge on any atom is 0.243 e. The predicted octanol–water partition coefficient (Wildman–Crippen LogP) is 2.78. The van der Waals surface area contributed by atoms with Crippen molar-refractivity contribution in [2.24, 2.45) is 0 Å². The van der Waals surface area contributed by atoms with E-state index in [0.717, 1.165) is 22.0 Å². The molecule has 4 aromatic rings. The van der Waals surface area contributed by atoms with Gasteiger partial charge in [-0.2, -0.15) is 9.40 Å². The summed E-state index contributed by atoms with van der Waals surface area (Å²) in [4.78, 5) is 9.20. The number of rotatable bonds is 5. The van der Waals surface area contributed by atoms with E-state index in [2.05, 4.69) is 25.5 Å². The Morgan fingerprint density at radius 3 is 2.55 bits per heavy atom. The average molecular weight is 436 g/mol. The highest BCUT2D eigenvalue weighted by molar-refractivity contribution is 7.89. The van der Waals surface area contributed by atoms with Gasteiger partial charge in [0.15, 0.2) is 0 Å². The molecule has 9 nitrogen and oxygen atoms in total. The van der Waals surface area contributed by atoms with Gasteiger partial charge in [-0.1, -0.05) is 12.1 Å². The monoisotopic (exact) mass is 436 g/mol. The molecule has 158 valence electrons. The molecule has 1 fully saturated rings. The van der Waals surface area contributed by atoms with Gasteiger partial charge in [0.05, 0.1) is 29.8 Å². The van der Waals surface area contributed by atoms with Crippen LogP contribution in [0.5, 0.6) is 0 Å². The van der Waals surface area contributed by atoms with Crippen molar-refractivity contribution in [1.29, 1.82) is 0 Å². The van der Waals surface area contributed by atoms with Gasteiger partial charge in [-0.05, 0) is 35.9 Å². The molecule has 5 rings (SSSR count). The van der Waals surface area contributed by atoms with Crippen molar-refractivity contribution in [1.82, 2.24) is 24.5 Å². The number of fused-ring (bicyclic) bond motifs is 1. The molecule has 2 aromatic carbocycles. The Hall–Kier alpha value is -3.34. The molecule has 31 heavy (non-hydrogen) atoms. The summed E-state index contributed by atoms with van der Waals surface area (Å²) < 4.78 is 32.2. The van der Waals surface area contributed by atoms with E-state index in [-0.39, 0.29) is 4.90 Å². The zero-order valence-electron chi connectivity index (χ0n) is 16.5. The molecule has 0 spiro atoms. The number of hydrogen-bond donors (Lipinski definition) is 2. The molecule has 0 amide bonds. The summed E-state index contributed by atoms with van der Waals surface area (Å²) in [6.07, 6.45) is 5.34. The number of benzene rings is 2. The predicted molar refractivity (Wildman–Crippen MR) is 116 cm³/mol. The van der Waals surface area contributed by atoms with E-state index < -0.39 is 10.0 Å². The molecule has 2 aromatic heterocycles. The highest BCUT2D eigenvalue weighted by atomic mass is 32.2. The van der Waals surface area contributed by atoms with E-state index in [1.807, 2.05) is 24.4 Å². The summed E-state index contributed by atoms with van der Waals surface area (Å²) >= 11 is 0. The van der Waals surface area contributed by atoms with Crippen LogP contribution in [0.25, 0.3) is 22.0 Å². The van der Waals surface area contributed by atoms with Gasteiger partial charge >= 0.3 is 0 Å². The average Bonchev–Trinajstić information content (AvgIpc) is 3.35. The molecule has 0 radical (unpaired) electrons. The third-order valence-electron chi connectivity index (χ3n) is 5.13. The van der Waals surface area contributed by atoms with Crippen LogP contribution in [-0.4, -0.2) is 59.2 Å². The molecular formula is C21H20N6O3S. The highest BCUT2D eigenvalue weighted by Gasteiger charge is 2.26. The fourth-order valence-corrected chi connectivity index (χ4v) is 4.86. The molecule has 3 heterocycles. The number of nitrogens with zero attached hydrogens (tertiary/aromatic N) is 4. The lowest BCUT2D eigenvalue weighted by Gasteiger charge is -2.26. The Morgan fingerprint density at radius 1 is 1.00 bits per heavy atom. The Labute approximate surface area is 179 Å². The number of aromatic amines is 1. The minimum Gasteiger partial charge on any atom is -0.379 e. The maximum atomic E-state index is 12.8. The molecule has 0 aliphatic carbocycles. The van der Waals surface area contributed by atoms with E-state index in [4.69, 9.17) is 4.74 Å². The standard InChI is InChI=1S/C21H20N6O3S/c28-31(29,27-7-9-30-10-8-27)19-5-3-18(4-6-19)25-21-22-12-16-2-1-15(11-20(16)26-21)17-13-23-24-14-17/h1-6,11-14H,7-10H2,(H,23,24)(H,22,25,26). The number of ether oxygens (including phenoxy) is 1. The molecule has 10 heteroatoms. The number of hydrogen-bond acceptors (Lipinski definition) is 7. The zero-order valence-corrected chi connectivity index (χ0v) is 17.3. The Kier molecular flexibility index (Phi) is 5.10. The van der Waals surface area contributed by atoms with Crippen LogP contribution in [0.4, 0.5) is 11.6 Å². The lowest BCUT2D eigenvalue weighted by atomic mass is 10.1. The molecule has 0 saturated carbocycles. The van der Waals surface area contributed by atoms with Crippen molar-refractivity contribution in [3.8, 4) is 11.1 Å². The van der Waals surface area contributed by atoms with Crippen molar-refractivity contribution >= 4 is 32.6 Å². The van der Waals surface area contributed by atoms with Crippen LogP contribution in [0, 0.1) is 0 Å². The van der Waals surface area contributed by atoms with Crippen molar-refractivity contribution in [2.45, 2.75) is 4.90 Å². The van der Waals surface area contributed by atoms with E-state index in [1.54, 1.807) is 36.7 Å². The summed E-state index contributed by atoms with van der Waals surface area (Å²) in [7, 11) is -3.52. The zero-order chi connectivity index (χ0) is 21.3. The molecule has 2 N–H and O–H groups in total. The van der Waals surface area contributed by atoms with Gasteiger partial charge in [0, 0.05) is 42.1 Å². The molecule has 1 aliphatic heterocycles. The Bertz CT molecular complexity index is 1300. The third-order valence-corrected chi connectivity index (χ3v) is 7.05. The fraction of sp³-hybridized carbons (Fsp3) is 0.190. The van der Waals surface area contributed by atoms with Crippen LogP contribution in [0.1, 0.15) is 0 Å². The van der Waals surface area contributed by atoms with E-state index >= 15 is 0 Å². The van der Waals surface area contributed by atoms with Gasteiger partial charge < -0.3 is 10.1 Å². The molecule has 1 saturated heterocycles. The second-order valence-electron chi connectivity index (χ2n) is 7.12. The van der Waals surface area contributed by atoms with E-state index in [0.29, 0.717) is 37.9 Å². The largest absolute Gasteiger partial charge is 0.379 e. The second-order valence-corrected chi connectivity index (χ2v) is 9.06. The van der Waals surface area contributed by atoms with Crippen molar-refractivity contribution < 1.29 is 13.2 Å². The number of H-pyrrole nitrogens is 1. The molecule has 1 aliphatic rings. The van der Waals surface area contributed by atoms with Gasteiger partial charge in [-0.25, -0.2) is 18.4 Å². The Morgan fingerprint density at radius 2 is 1.81 bits per heavy atom. The number of morpholine rings is 1. The van der Waals surface area contributed by atoms with E-state index in [1.165, 1.54) is 4.31 Å². The molecule has 0 unspecified atom stereocenters. The topological polar surface area (TPSA) is 113 Å². The quantitative estimate of drug-likeness (QED) is 0.495. The van der Waals surface area contributed by atoms with Crippen LogP contribution in [0.15, 0.2) is 66.0 Å². The summed E-state index contributed by atoms with van der Waals surface area (Å²) in [6.45, 7) is 1.57. The summed E-state index contributed by atoms with van der Waals surface area (Å²) in [5, 5.41) is 10.9. The van der Waals surface area contributed by atoms with Crippen molar-refractivity contribution in [3.05, 3.63) is 61.1 Å². The van der Waals surface area contributed by atoms with Crippen LogP contribution in [0.2, 0.25) is 0 Å². The van der Waals surface area contributed by atoms with Crippen LogP contribution < -0.4 is 5.32 Å². The SMILES string of the molecule is O=S(=O)(c1ccc(Nc2ncc3ccc(-c4cn[nH]c4)cc3n2)cc1)N1CCOCC1. The van der Waals surface area contributed by atoms with Gasteiger partial charge in [0.25, 0.3) is 0 Å². The Balaban J connectivity index is 1.37. The van der Waals surface area contributed by atoms with Crippen LogP contribution in [-0.2, 0) is 14.8 Å². The number of sulfonamides is 1. The normalized spacial score (nSPS) is 15.2. The van der Waals surface area contributed by atoms with E-state index in [9.17, 15) is 8.42 Å². The first-order valence-corrected chi connectivity index (χ1v) is 11.2. The lowest BCUT2D eigenvalue weighted by molar-refractivity contribution is 0.0730. The van der Waals surface area contributed by atoms with Crippen molar-refractivity contribution in [3.63, 3.8) is 0 Å². The van der Waals surface area contributed by atoms with Crippen LogP contribution in [0.3, 0.4) is 0 Å². The lowest BCUT2D eigenvalue weighted by Crippen LogP contribution is -2.40. The van der Waals surface area contributed by atoms with Gasteiger partial charge in [-0.3, -0.25) is 5.10 Å². The maximum absolute atomic E-state index is 12.8. The second kappa shape index (κ2) is 8.06. The number of nitrogens with one attached hydrogen (secondary N) is 2. The first kappa shape index (κ1) is 19.6. The summed E-state index contributed by atoms with van der Waals surface area (Å²) in [6, 6.07) is 12.5. The number of aromatic nitrogens is 4. The minimum absolute atomic E-state index is 0.254. The van der Waals surface area contributed by atoms with Gasteiger partial charge in [-0.15, -0.1) is 0 Å². The minimum atomic E-state index is -3.52. The summed E-state index contributed by atoms with van der Waals surface area (Å²) in [5.74, 6) is 0.431. The fourth-order valence-electron chi connectivity index (χ4n) is 3.45. The number of anilines is 2. The molecular weight excluding hydrogens is 416 g/mol. The smallest absolute Gasteiger partial charge is 0.243 e. The first-order valence-electron chi connectivity index (χ1n) is 9.80. The van der Waals surface area contributed by atoms with Gasteiger partial charge in [0.1, 0.15) is 0 Å². The van der Waals surface area contributed by atoms with Crippen LogP contribution >= 0.6 is 0 Å². The third kappa shape index (κ3) is 4.00. The van der Waals surface area contributed by atoms with Gasteiger partial charge in [0.2, 0.25) is 16.0 Å². The molecule has 0 atom stereocenters.